The molecule has 0 saturated heterocycles. The van der Waals surface area contributed by atoms with Gasteiger partial charge in [-0.2, -0.15) is 0 Å². The smallest absolute Gasteiger partial charge is 0.253 e. The number of anilines is 1. The first kappa shape index (κ1) is 18.2. The van der Waals surface area contributed by atoms with Gasteiger partial charge in [0, 0.05) is 11.1 Å². The van der Waals surface area contributed by atoms with Crippen LogP contribution in [-0.4, -0.2) is 19.6 Å². The molecule has 3 aromatic carbocycles. The Morgan fingerprint density at radius 2 is 1.86 bits per heavy atom. The molecule has 0 aromatic heterocycles. The minimum absolute atomic E-state index is 0.0279. The zero-order chi connectivity index (χ0) is 19.5. The number of carbonyl (C=O) groups excluding carboxylic acids is 1. The maximum atomic E-state index is 13.9. The summed E-state index contributed by atoms with van der Waals surface area (Å²) < 4.78 is 24.8. The van der Waals surface area contributed by atoms with Crippen LogP contribution in [0.25, 0.3) is 11.1 Å². The van der Waals surface area contributed by atoms with Crippen LogP contribution < -0.4 is 9.64 Å². The Bertz CT molecular complexity index is 1000. The van der Waals surface area contributed by atoms with Crippen molar-refractivity contribution in [3.05, 3.63) is 83.7 Å². The van der Waals surface area contributed by atoms with Gasteiger partial charge < -0.3 is 14.4 Å². The highest BCUT2D eigenvalue weighted by Gasteiger charge is 2.24. The topological polar surface area (TPSA) is 38.8 Å². The minimum atomic E-state index is -0.341. The van der Waals surface area contributed by atoms with Gasteiger partial charge in [-0.25, -0.2) is 4.39 Å². The highest BCUT2D eigenvalue weighted by atomic mass is 19.1. The lowest BCUT2D eigenvalue weighted by atomic mass is 10.0. The molecule has 0 radical (unpaired) electrons. The quantitative estimate of drug-likeness (QED) is 0.669. The van der Waals surface area contributed by atoms with Crippen LogP contribution in [0, 0.1) is 5.82 Å². The number of rotatable bonds is 4. The standard InChI is InChI=1S/C23H20FNO3/c1-27-22-10-9-19(24)12-20(22)17-7-8-18-14-28-15-23(26)25(21(18)11-17)13-16-5-3-2-4-6-16/h2-12H,13-15H2,1H3. The summed E-state index contributed by atoms with van der Waals surface area (Å²) in [7, 11) is 1.55. The molecule has 0 atom stereocenters. The first-order chi connectivity index (χ1) is 13.7. The van der Waals surface area contributed by atoms with Crippen molar-refractivity contribution >= 4 is 11.6 Å². The van der Waals surface area contributed by atoms with Gasteiger partial charge >= 0.3 is 0 Å². The molecule has 4 nitrogen and oxygen atoms in total. The summed E-state index contributed by atoms with van der Waals surface area (Å²) in [5, 5.41) is 0. The summed E-state index contributed by atoms with van der Waals surface area (Å²) in [5.41, 5.74) is 4.14. The molecule has 0 aliphatic carbocycles. The Morgan fingerprint density at radius 3 is 2.64 bits per heavy atom. The SMILES string of the molecule is COc1ccc(F)cc1-c1ccc2c(c1)N(Cc1ccccc1)C(=O)COC2. The van der Waals surface area contributed by atoms with Crippen molar-refractivity contribution in [1.82, 2.24) is 0 Å². The molecule has 0 saturated carbocycles. The van der Waals surface area contributed by atoms with Crippen LogP contribution >= 0.6 is 0 Å². The maximum absolute atomic E-state index is 13.9. The number of halogens is 1. The van der Waals surface area contributed by atoms with Crippen LogP contribution in [0.5, 0.6) is 5.75 Å². The van der Waals surface area contributed by atoms with Crippen LogP contribution in [0.1, 0.15) is 11.1 Å². The normalized spacial score (nSPS) is 13.8. The van der Waals surface area contributed by atoms with Crippen LogP contribution in [0.2, 0.25) is 0 Å². The molecular weight excluding hydrogens is 357 g/mol. The van der Waals surface area contributed by atoms with E-state index in [2.05, 4.69) is 0 Å². The van der Waals surface area contributed by atoms with Crippen molar-refractivity contribution in [1.29, 1.82) is 0 Å². The highest BCUT2D eigenvalue weighted by molar-refractivity contribution is 5.96. The number of amides is 1. The van der Waals surface area contributed by atoms with Gasteiger partial charge in [0.25, 0.3) is 5.91 Å². The van der Waals surface area contributed by atoms with Crippen LogP contribution in [0.4, 0.5) is 10.1 Å². The van der Waals surface area contributed by atoms with E-state index in [1.54, 1.807) is 18.1 Å². The zero-order valence-electron chi connectivity index (χ0n) is 15.5. The fourth-order valence-corrected chi connectivity index (χ4v) is 3.41. The van der Waals surface area contributed by atoms with Gasteiger partial charge in [0.2, 0.25) is 0 Å². The van der Waals surface area contributed by atoms with E-state index < -0.39 is 0 Å². The van der Waals surface area contributed by atoms with Crippen LogP contribution in [0.3, 0.4) is 0 Å². The lowest BCUT2D eigenvalue weighted by Gasteiger charge is -2.23. The number of hydrogen-bond acceptors (Lipinski definition) is 3. The molecule has 28 heavy (non-hydrogen) atoms. The number of ether oxygens (including phenoxy) is 2. The number of methoxy groups -OCH3 is 1. The Kier molecular flexibility index (Phi) is 5.08. The van der Waals surface area contributed by atoms with E-state index in [0.29, 0.717) is 24.5 Å². The lowest BCUT2D eigenvalue weighted by Crippen LogP contribution is -2.32. The van der Waals surface area contributed by atoms with Gasteiger partial charge in [-0.3, -0.25) is 4.79 Å². The second kappa shape index (κ2) is 7.82. The molecule has 5 heteroatoms. The van der Waals surface area contributed by atoms with Crippen LogP contribution in [-0.2, 0) is 22.7 Å². The molecule has 0 unspecified atom stereocenters. The number of carbonyl (C=O) groups is 1. The van der Waals surface area contributed by atoms with E-state index in [4.69, 9.17) is 9.47 Å². The molecule has 3 aromatic rings. The molecule has 0 fully saturated rings. The first-order valence-corrected chi connectivity index (χ1v) is 9.04. The predicted octanol–water partition coefficient (Wildman–Crippen LogP) is 4.56. The molecule has 1 aliphatic heterocycles. The number of nitrogens with zero attached hydrogens (tertiary/aromatic N) is 1. The largest absolute Gasteiger partial charge is 0.496 e. The second-order valence-electron chi connectivity index (χ2n) is 6.65. The van der Waals surface area contributed by atoms with E-state index in [-0.39, 0.29) is 18.3 Å². The summed E-state index contributed by atoms with van der Waals surface area (Å²) in [6.45, 7) is 0.826. The average Bonchev–Trinajstić information content (AvgIpc) is 2.87. The van der Waals surface area contributed by atoms with Crippen molar-refractivity contribution in [2.24, 2.45) is 0 Å². The Hall–Kier alpha value is -3.18. The summed E-state index contributed by atoms with van der Waals surface area (Å²) in [6, 6.07) is 19.9. The molecule has 0 bridgehead atoms. The molecule has 0 spiro atoms. The molecular formula is C23H20FNO3. The second-order valence-corrected chi connectivity index (χ2v) is 6.65. The summed E-state index contributed by atoms with van der Waals surface area (Å²) in [5.74, 6) is 0.129. The van der Waals surface area contributed by atoms with Crippen molar-refractivity contribution in [3.8, 4) is 16.9 Å². The van der Waals surface area contributed by atoms with Gasteiger partial charge in [0.15, 0.2) is 0 Å². The Balaban J connectivity index is 1.80. The van der Waals surface area contributed by atoms with Gasteiger partial charge in [-0.15, -0.1) is 0 Å². The zero-order valence-corrected chi connectivity index (χ0v) is 15.5. The van der Waals surface area contributed by atoms with Gasteiger partial charge in [-0.05, 0) is 35.4 Å². The maximum Gasteiger partial charge on any atom is 0.253 e. The summed E-state index contributed by atoms with van der Waals surface area (Å²) in [6.07, 6.45) is 0. The van der Waals surface area contributed by atoms with Crippen molar-refractivity contribution < 1.29 is 18.7 Å². The minimum Gasteiger partial charge on any atom is -0.496 e. The third kappa shape index (κ3) is 3.62. The molecule has 142 valence electrons. The van der Waals surface area contributed by atoms with E-state index >= 15 is 0 Å². The van der Waals surface area contributed by atoms with Crippen LogP contribution in [0.15, 0.2) is 66.7 Å². The highest BCUT2D eigenvalue weighted by Crippen LogP contribution is 2.36. The number of hydrogen-bond donors (Lipinski definition) is 0. The fourth-order valence-electron chi connectivity index (χ4n) is 3.41. The van der Waals surface area contributed by atoms with E-state index in [0.717, 1.165) is 22.4 Å². The first-order valence-electron chi connectivity index (χ1n) is 9.04. The monoisotopic (exact) mass is 377 g/mol. The van der Waals surface area contributed by atoms with Gasteiger partial charge in [0.1, 0.15) is 18.2 Å². The predicted molar refractivity (Wildman–Crippen MR) is 106 cm³/mol. The molecule has 1 amide bonds. The van der Waals surface area contributed by atoms with Crippen molar-refractivity contribution in [3.63, 3.8) is 0 Å². The van der Waals surface area contributed by atoms with Gasteiger partial charge in [-0.1, -0.05) is 42.5 Å². The molecule has 1 aliphatic rings. The summed E-state index contributed by atoms with van der Waals surface area (Å²) >= 11 is 0. The number of fused-ring (bicyclic) bond motifs is 1. The molecule has 0 N–H and O–H groups in total. The third-order valence-corrected chi connectivity index (χ3v) is 4.82. The Morgan fingerprint density at radius 1 is 1.04 bits per heavy atom. The van der Waals surface area contributed by atoms with Crippen molar-refractivity contribution in [2.75, 3.05) is 18.6 Å². The molecule has 1 heterocycles. The molecule has 4 rings (SSSR count). The van der Waals surface area contributed by atoms with E-state index in [1.165, 1.54) is 12.1 Å². The van der Waals surface area contributed by atoms with Gasteiger partial charge in [0.05, 0.1) is 25.9 Å². The summed E-state index contributed by atoms with van der Waals surface area (Å²) in [4.78, 5) is 14.5. The Labute approximate surface area is 163 Å². The third-order valence-electron chi connectivity index (χ3n) is 4.82. The van der Waals surface area contributed by atoms with E-state index in [9.17, 15) is 9.18 Å². The average molecular weight is 377 g/mol. The lowest BCUT2D eigenvalue weighted by molar-refractivity contribution is -0.123. The van der Waals surface area contributed by atoms with E-state index in [1.807, 2.05) is 48.5 Å². The fraction of sp³-hybridized carbons (Fsp3) is 0.174. The number of benzene rings is 3. The van der Waals surface area contributed by atoms with Crippen molar-refractivity contribution in [2.45, 2.75) is 13.2 Å².